The molecule has 92 valence electrons. The summed E-state index contributed by atoms with van der Waals surface area (Å²) in [5, 5.41) is 0. The van der Waals surface area contributed by atoms with E-state index in [0.717, 1.165) is 0 Å². The lowest BCUT2D eigenvalue weighted by atomic mass is 9.91. The number of hydrogen-bond acceptors (Lipinski definition) is 3. The van der Waals surface area contributed by atoms with Crippen LogP contribution in [0.1, 0.15) is 28.8 Å². The summed E-state index contributed by atoms with van der Waals surface area (Å²) in [6.07, 6.45) is 1.14. The fourth-order valence-electron chi connectivity index (χ4n) is 2.18. The fourth-order valence-corrected chi connectivity index (χ4v) is 3.92. The van der Waals surface area contributed by atoms with Gasteiger partial charge in [-0.15, -0.1) is 0 Å². The highest BCUT2D eigenvalue weighted by atomic mass is 32.2. The van der Waals surface area contributed by atoms with Crippen LogP contribution < -0.4 is 0 Å². The minimum Gasteiger partial charge on any atom is -0.298 e. The number of carbonyl (C=O) groups excluding carboxylic acids is 1. The highest BCUT2D eigenvalue weighted by Gasteiger charge is 2.40. The molecule has 17 heavy (non-hydrogen) atoms. The molecule has 0 amide bonds. The molecule has 1 saturated heterocycles. The number of rotatable bonds is 2. The molecule has 1 unspecified atom stereocenters. The molecule has 1 aromatic rings. The summed E-state index contributed by atoms with van der Waals surface area (Å²) in [5.74, 6) is -0.436. The Kier molecular flexibility index (Phi) is 3.03. The van der Waals surface area contributed by atoms with E-state index in [1.165, 1.54) is 12.1 Å². The number of halogens is 1. The molecule has 0 saturated carbocycles. The van der Waals surface area contributed by atoms with E-state index in [0.29, 0.717) is 18.3 Å². The second-order valence-electron chi connectivity index (χ2n) is 4.40. The third kappa shape index (κ3) is 2.54. The van der Waals surface area contributed by atoms with Gasteiger partial charge in [0.05, 0.1) is 11.5 Å². The third-order valence-electron chi connectivity index (χ3n) is 3.02. The lowest BCUT2D eigenvalue weighted by Gasteiger charge is -2.29. The molecule has 0 aromatic heterocycles. The number of benzene rings is 1. The van der Waals surface area contributed by atoms with Crippen molar-refractivity contribution in [3.63, 3.8) is 0 Å². The fraction of sp³-hybridized carbons (Fsp3) is 0.417. The van der Waals surface area contributed by atoms with Crippen LogP contribution in [0.15, 0.2) is 24.3 Å². The number of alkyl halides is 1. The molecule has 1 heterocycles. The van der Waals surface area contributed by atoms with Crippen molar-refractivity contribution < 1.29 is 17.6 Å². The Balaban J connectivity index is 2.40. The number of carbonyl (C=O) groups is 1. The molecule has 0 radical (unpaired) electrons. The lowest BCUT2D eigenvalue weighted by Crippen LogP contribution is -2.36. The molecule has 1 fully saturated rings. The van der Waals surface area contributed by atoms with Gasteiger partial charge < -0.3 is 0 Å². The first-order chi connectivity index (χ1) is 7.95. The standard InChI is InChI=1S/C12H13FO3S/c13-12(5-2-6-17(15,16)9-12)11-4-1-3-10(7-11)8-14/h1,3-4,7-8H,2,5-6,9H2. The topological polar surface area (TPSA) is 51.2 Å². The van der Waals surface area contributed by atoms with Crippen molar-refractivity contribution in [2.75, 3.05) is 11.5 Å². The van der Waals surface area contributed by atoms with E-state index in [1.807, 2.05) is 0 Å². The van der Waals surface area contributed by atoms with E-state index in [4.69, 9.17) is 0 Å². The summed E-state index contributed by atoms with van der Waals surface area (Å²) in [4.78, 5) is 10.6. The van der Waals surface area contributed by atoms with E-state index in [-0.39, 0.29) is 17.7 Å². The molecule has 0 N–H and O–H groups in total. The summed E-state index contributed by atoms with van der Waals surface area (Å²) in [6, 6.07) is 6.10. The minimum absolute atomic E-state index is 0.0477. The molecular weight excluding hydrogens is 243 g/mol. The van der Waals surface area contributed by atoms with Gasteiger partial charge in [-0.3, -0.25) is 4.79 Å². The van der Waals surface area contributed by atoms with E-state index in [1.54, 1.807) is 12.1 Å². The molecular formula is C12H13FO3S. The van der Waals surface area contributed by atoms with Crippen LogP contribution in [-0.4, -0.2) is 26.2 Å². The van der Waals surface area contributed by atoms with Crippen LogP contribution in [0.2, 0.25) is 0 Å². The van der Waals surface area contributed by atoms with Crippen LogP contribution in [0, 0.1) is 0 Å². The van der Waals surface area contributed by atoms with Crippen molar-refractivity contribution in [3.8, 4) is 0 Å². The van der Waals surface area contributed by atoms with Gasteiger partial charge in [0.25, 0.3) is 0 Å². The van der Waals surface area contributed by atoms with Crippen LogP contribution >= 0.6 is 0 Å². The van der Waals surface area contributed by atoms with E-state index in [9.17, 15) is 17.6 Å². The number of aldehydes is 1. The van der Waals surface area contributed by atoms with Gasteiger partial charge >= 0.3 is 0 Å². The first-order valence-corrected chi connectivity index (χ1v) is 7.22. The Bertz CT molecular complexity index is 538. The summed E-state index contributed by atoms with van der Waals surface area (Å²) >= 11 is 0. The monoisotopic (exact) mass is 256 g/mol. The maximum absolute atomic E-state index is 14.6. The Morgan fingerprint density at radius 2 is 2.12 bits per heavy atom. The highest BCUT2D eigenvalue weighted by molar-refractivity contribution is 7.91. The van der Waals surface area contributed by atoms with Gasteiger partial charge in [-0.25, -0.2) is 12.8 Å². The first kappa shape index (κ1) is 12.2. The smallest absolute Gasteiger partial charge is 0.153 e. The number of sulfone groups is 1. The Morgan fingerprint density at radius 1 is 1.35 bits per heavy atom. The molecule has 0 bridgehead atoms. The van der Waals surface area contributed by atoms with Gasteiger partial charge in [0.1, 0.15) is 12.0 Å². The minimum atomic E-state index is -3.32. The van der Waals surface area contributed by atoms with Gasteiger partial charge in [0.2, 0.25) is 0 Å². The molecule has 3 nitrogen and oxygen atoms in total. The van der Waals surface area contributed by atoms with Gasteiger partial charge in [-0.2, -0.15) is 0 Å². The Hall–Kier alpha value is -1.23. The van der Waals surface area contributed by atoms with Crippen LogP contribution in [0.5, 0.6) is 0 Å². The van der Waals surface area contributed by atoms with E-state index in [2.05, 4.69) is 0 Å². The third-order valence-corrected chi connectivity index (χ3v) is 4.83. The van der Waals surface area contributed by atoms with E-state index < -0.39 is 21.3 Å². The van der Waals surface area contributed by atoms with Crippen LogP contribution in [0.4, 0.5) is 4.39 Å². The molecule has 0 aliphatic carbocycles. The van der Waals surface area contributed by atoms with Gasteiger partial charge in [0, 0.05) is 5.56 Å². The van der Waals surface area contributed by atoms with Gasteiger partial charge in [-0.05, 0) is 24.5 Å². The van der Waals surface area contributed by atoms with Crippen molar-refractivity contribution in [1.29, 1.82) is 0 Å². The molecule has 1 aliphatic rings. The summed E-state index contributed by atoms with van der Waals surface area (Å²) in [6.45, 7) is 0. The molecule has 1 aliphatic heterocycles. The van der Waals surface area contributed by atoms with Crippen molar-refractivity contribution in [2.45, 2.75) is 18.5 Å². The SMILES string of the molecule is O=Cc1cccc(C2(F)CCCS(=O)(=O)C2)c1. The van der Waals surface area contributed by atoms with Gasteiger partial charge in [0.15, 0.2) is 9.84 Å². The summed E-state index contributed by atoms with van der Waals surface area (Å²) in [7, 11) is -3.32. The zero-order valence-electron chi connectivity index (χ0n) is 9.23. The quantitative estimate of drug-likeness (QED) is 0.759. The van der Waals surface area contributed by atoms with Crippen molar-refractivity contribution >= 4 is 16.1 Å². The highest BCUT2D eigenvalue weighted by Crippen LogP contribution is 2.36. The molecule has 0 spiro atoms. The first-order valence-electron chi connectivity index (χ1n) is 5.40. The maximum atomic E-state index is 14.6. The molecule has 2 rings (SSSR count). The second kappa shape index (κ2) is 4.22. The average molecular weight is 256 g/mol. The normalized spacial score (nSPS) is 27.6. The predicted octanol–water partition coefficient (Wildman–Crippen LogP) is 1.87. The Morgan fingerprint density at radius 3 is 2.76 bits per heavy atom. The second-order valence-corrected chi connectivity index (χ2v) is 6.59. The lowest BCUT2D eigenvalue weighted by molar-refractivity contribution is 0.112. The maximum Gasteiger partial charge on any atom is 0.153 e. The summed E-state index contributed by atoms with van der Waals surface area (Å²) in [5.41, 5.74) is -1.20. The predicted molar refractivity (Wildman–Crippen MR) is 62.5 cm³/mol. The van der Waals surface area contributed by atoms with E-state index >= 15 is 0 Å². The van der Waals surface area contributed by atoms with Crippen molar-refractivity contribution in [1.82, 2.24) is 0 Å². The average Bonchev–Trinajstić information content (AvgIpc) is 2.27. The summed E-state index contributed by atoms with van der Waals surface area (Å²) < 4.78 is 37.6. The number of hydrogen-bond donors (Lipinski definition) is 0. The molecule has 1 aromatic carbocycles. The molecule has 5 heteroatoms. The zero-order chi connectivity index (χ0) is 12.5. The van der Waals surface area contributed by atoms with Crippen LogP contribution in [0.3, 0.4) is 0 Å². The van der Waals surface area contributed by atoms with Crippen LogP contribution in [-0.2, 0) is 15.5 Å². The largest absolute Gasteiger partial charge is 0.298 e. The molecule has 1 atom stereocenters. The van der Waals surface area contributed by atoms with Crippen LogP contribution in [0.25, 0.3) is 0 Å². The Labute approximate surface area is 99.6 Å². The zero-order valence-corrected chi connectivity index (χ0v) is 10.0. The van der Waals surface area contributed by atoms with Crippen molar-refractivity contribution in [3.05, 3.63) is 35.4 Å². The van der Waals surface area contributed by atoms with Gasteiger partial charge in [-0.1, -0.05) is 18.2 Å². The van der Waals surface area contributed by atoms with Crippen molar-refractivity contribution in [2.24, 2.45) is 0 Å².